The van der Waals surface area contributed by atoms with Crippen LogP contribution in [-0.4, -0.2) is 23.2 Å². The minimum absolute atomic E-state index is 0.00143. The van der Waals surface area contributed by atoms with Gasteiger partial charge in [-0.05, 0) is 32.0 Å². The molecule has 0 radical (unpaired) electrons. The predicted molar refractivity (Wildman–Crippen MR) is 95.1 cm³/mol. The summed E-state index contributed by atoms with van der Waals surface area (Å²) >= 11 is 5.95. The van der Waals surface area contributed by atoms with E-state index >= 15 is 0 Å². The summed E-state index contributed by atoms with van der Waals surface area (Å²) < 4.78 is 48.9. The number of rotatable bonds is 4. The molecule has 0 fully saturated rings. The van der Waals surface area contributed by atoms with Gasteiger partial charge >= 0.3 is 0 Å². The second-order valence-corrected chi connectivity index (χ2v) is 7.82. The van der Waals surface area contributed by atoms with Gasteiger partial charge in [-0.15, -0.1) is 10.2 Å². The van der Waals surface area contributed by atoms with Gasteiger partial charge in [-0.3, -0.25) is 4.72 Å². The zero-order valence-corrected chi connectivity index (χ0v) is 16.0. The fourth-order valence-electron chi connectivity index (χ4n) is 2.66. The molecule has 0 bridgehead atoms. The molecule has 0 saturated heterocycles. The lowest BCUT2D eigenvalue weighted by Crippen LogP contribution is -2.15. The molecule has 0 aliphatic carbocycles. The number of aryl methyl sites for hydroxylation is 1. The lowest BCUT2D eigenvalue weighted by atomic mass is 10.2. The summed E-state index contributed by atoms with van der Waals surface area (Å²) in [5, 5.41) is 7.67. The number of nitrogens with zero attached hydrogens (tertiary/aromatic N) is 3. The van der Waals surface area contributed by atoms with Crippen molar-refractivity contribution >= 4 is 27.3 Å². The Morgan fingerprint density at radius 3 is 2.46 bits per heavy atom. The number of nitrogens with one attached hydrogen (secondary N) is 1. The summed E-state index contributed by atoms with van der Waals surface area (Å²) in [7, 11) is -2.32. The molecule has 138 valence electrons. The number of aromatic nitrogens is 3. The van der Waals surface area contributed by atoms with Crippen molar-refractivity contribution in [3.05, 3.63) is 46.3 Å². The zero-order valence-electron chi connectivity index (χ0n) is 14.5. The van der Waals surface area contributed by atoms with Crippen LogP contribution in [0.25, 0.3) is 11.5 Å². The Kier molecular flexibility index (Phi) is 4.53. The minimum atomic E-state index is -4.06. The van der Waals surface area contributed by atoms with E-state index in [9.17, 15) is 12.8 Å². The molecule has 7 nitrogen and oxygen atoms in total. The molecule has 1 N–H and O–H groups in total. The van der Waals surface area contributed by atoms with Crippen LogP contribution in [-0.2, 0) is 17.1 Å². The molecule has 3 aromatic rings. The number of halogens is 2. The standard InChI is InChI=1S/C16H16ClFN4O3S/c1-8-14(16-20-19-10(3)25-16)15(9(2)22(8)4)26(23,24)21-13-6-5-11(18)7-12(13)17/h5-7,21H,1-4H3. The van der Waals surface area contributed by atoms with Gasteiger partial charge in [-0.2, -0.15) is 0 Å². The molecule has 0 aliphatic rings. The molecule has 0 aliphatic heterocycles. The van der Waals surface area contributed by atoms with Crippen LogP contribution in [0.2, 0.25) is 5.02 Å². The van der Waals surface area contributed by atoms with Gasteiger partial charge in [0.25, 0.3) is 15.9 Å². The molecular weight excluding hydrogens is 383 g/mol. The molecule has 10 heteroatoms. The van der Waals surface area contributed by atoms with E-state index < -0.39 is 15.8 Å². The average Bonchev–Trinajstić information content (AvgIpc) is 3.07. The quantitative estimate of drug-likeness (QED) is 0.725. The van der Waals surface area contributed by atoms with E-state index in [2.05, 4.69) is 14.9 Å². The third-order valence-corrected chi connectivity index (χ3v) is 5.95. The molecular formula is C16H16ClFN4O3S. The molecule has 0 amide bonds. The van der Waals surface area contributed by atoms with Gasteiger partial charge in [0.15, 0.2) is 0 Å². The second kappa shape index (κ2) is 6.40. The van der Waals surface area contributed by atoms with Crippen LogP contribution < -0.4 is 4.72 Å². The van der Waals surface area contributed by atoms with E-state index in [0.717, 1.165) is 12.1 Å². The minimum Gasteiger partial charge on any atom is -0.421 e. The smallest absolute Gasteiger partial charge is 0.264 e. The first-order valence-electron chi connectivity index (χ1n) is 7.56. The van der Waals surface area contributed by atoms with E-state index in [1.54, 1.807) is 32.4 Å². The maximum Gasteiger partial charge on any atom is 0.264 e. The highest BCUT2D eigenvalue weighted by Gasteiger charge is 2.31. The van der Waals surface area contributed by atoms with E-state index in [1.165, 1.54) is 6.07 Å². The zero-order chi connectivity index (χ0) is 19.2. The lowest BCUT2D eigenvalue weighted by molar-refractivity contribution is 0.530. The van der Waals surface area contributed by atoms with Crippen molar-refractivity contribution in [1.82, 2.24) is 14.8 Å². The molecule has 3 rings (SSSR count). The van der Waals surface area contributed by atoms with Crippen molar-refractivity contribution < 1.29 is 17.2 Å². The van der Waals surface area contributed by atoms with Crippen molar-refractivity contribution in [3.63, 3.8) is 0 Å². The van der Waals surface area contributed by atoms with Gasteiger partial charge in [0.2, 0.25) is 5.89 Å². The summed E-state index contributed by atoms with van der Waals surface area (Å²) in [6.07, 6.45) is 0. The normalized spacial score (nSPS) is 11.8. The van der Waals surface area contributed by atoms with Gasteiger partial charge in [-0.25, -0.2) is 12.8 Å². The number of hydrogen-bond donors (Lipinski definition) is 1. The van der Waals surface area contributed by atoms with Crippen LogP contribution in [0.3, 0.4) is 0 Å². The van der Waals surface area contributed by atoms with Crippen molar-refractivity contribution in [1.29, 1.82) is 0 Å². The molecule has 0 saturated carbocycles. The highest BCUT2D eigenvalue weighted by Crippen LogP contribution is 2.36. The van der Waals surface area contributed by atoms with Gasteiger partial charge < -0.3 is 8.98 Å². The Hall–Kier alpha value is -2.39. The van der Waals surface area contributed by atoms with Crippen LogP contribution in [0.4, 0.5) is 10.1 Å². The van der Waals surface area contributed by atoms with E-state index in [0.29, 0.717) is 22.8 Å². The Labute approximate surface area is 154 Å². The third-order valence-electron chi connectivity index (χ3n) is 4.11. The Bertz CT molecular complexity index is 1110. The van der Waals surface area contributed by atoms with Gasteiger partial charge in [-0.1, -0.05) is 11.6 Å². The topological polar surface area (TPSA) is 90.0 Å². The SMILES string of the molecule is Cc1nnc(-c2c(S(=O)(=O)Nc3ccc(F)cc3Cl)c(C)n(C)c2C)o1. The van der Waals surface area contributed by atoms with Crippen LogP contribution in [0, 0.1) is 26.6 Å². The predicted octanol–water partition coefficient (Wildman–Crippen LogP) is 3.59. The number of sulfonamides is 1. The van der Waals surface area contributed by atoms with Crippen LogP contribution in [0.1, 0.15) is 17.3 Å². The summed E-state index contributed by atoms with van der Waals surface area (Å²) in [6, 6.07) is 3.41. The summed E-state index contributed by atoms with van der Waals surface area (Å²) in [5.41, 5.74) is 1.52. The van der Waals surface area contributed by atoms with Crippen LogP contribution in [0.15, 0.2) is 27.5 Å². The first kappa shape index (κ1) is 18.4. The molecule has 2 aromatic heterocycles. The number of benzene rings is 1. The first-order chi connectivity index (χ1) is 12.1. The summed E-state index contributed by atoms with van der Waals surface area (Å²) in [4.78, 5) is 0.00143. The largest absolute Gasteiger partial charge is 0.421 e. The first-order valence-corrected chi connectivity index (χ1v) is 9.42. The Morgan fingerprint density at radius 2 is 1.88 bits per heavy atom. The third kappa shape index (κ3) is 3.08. The molecule has 1 aromatic carbocycles. The molecule has 2 heterocycles. The lowest BCUT2D eigenvalue weighted by Gasteiger charge is -2.11. The fraction of sp³-hybridized carbons (Fsp3) is 0.250. The van der Waals surface area contributed by atoms with Crippen molar-refractivity contribution in [2.45, 2.75) is 25.7 Å². The number of hydrogen-bond acceptors (Lipinski definition) is 5. The highest BCUT2D eigenvalue weighted by molar-refractivity contribution is 7.93. The highest BCUT2D eigenvalue weighted by atomic mass is 35.5. The Morgan fingerprint density at radius 1 is 1.19 bits per heavy atom. The molecule has 0 spiro atoms. The Balaban J connectivity index is 2.17. The van der Waals surface area contributed by atoms with Gasteiger partial charge in [0, 0.05) is 25.4 Å². The van der Waals surface area contributed by atoms with Gasteiger partial charge in [0.1, 0.15) is 10.7 Å². The van der Waals surface area contributed by atoms with Gasteiger partial charge in [0.05, 0.1) is 16.3 Å². The van der Waals surface area contributed by atoms with E-state index in [4.69, 9.17) is 16.0 Å². The van der Waals surface area contributed by atoms with E-state index in [-0.39, 0.29) is 21.5 Å². The van der Waals surface area contributed by atoms with Crippen LogP contribution in [0.5, 0.6) is 0 Å². The van der Waals surface area contributed by atoms with Crippen LogP contribution >= 0.6 is 11.6 Å². The summed E-state index contributed by atoms with van der Waals surface area (Å²) in [6.45, 7) is 5.04. The fourth-order valence-corrected chi connectivity index (χ4v) is 4.53. The van der Waals surface area contributed by atoms with E-state index in [1.807, 2.05) is 0 Å². The monoisotopic (exact) mass is 398 g/mol. The average molecular weight is 399 g/mol. The van der Waals surface area contributed by atoms with Crippen molar-refractivity contribution in [3.8, 4) is 11.5 Å². The molecule has 0 unspecified atom stereocenters. The molecule has 26 heavy (non-hydrogen) atoms. The summed E-state index contributed by atoms with van der Waals surface area (Å²) in [5.74, 6) is -0.139. The maximum atomic E-state index is 13.2. The van der Waals surface area contributed by atoms with Crippen molar-refractivity contribution in [2.75, 3.05) is 4.72 Å². The van der Waals surface area contributed by atoms with Crippen molar-refractivity contribution in [2.24, 2.45) is 7.05 Å². The number of anilines is 1. The second-order valence-electron chi connectivity index (χ2n) is 5.79. The maximum absolute atomic E-state index is 13.2. The molecule has 0 atom stereocenters.